The molecule has 2 aromatic heterocycles. The molecule has 0 aliphatic carbocycles. The molecular weight excluding hydrogens is 294 g/mol. The highest BCUT2D eigenvalue weighted by molar-refractivity contribution is 7.18. The summed E-state index contributed by atoms with van der Waals surface area (Å²) < 4.78 is 7.93. The van der Waals surface area contributed by atoms with Gasteiger partial charge in [0.2, 0.25) is 0 Å². The van der Waals surface area contributed by atoms with Gasteiger partial charge >= 0.3 is 0 Å². The van der Waals surface area contributed by atoms with E-state index >= 15 is 0 Å². The van der Waals surface area contributed by atoms with Crippen molar-refractivity contribution in [3.05, 3.63) is 28.8 Å². The summed E-state index contributed by atoms with van der Waals surface area (Å²) in [5.74, 6) is 0. The van der Waals surface area contributed by atoms with Crippen LogP contribution in [0.2, 0.25) is 0 Å². The van der Waals surface area contributed by atoms with Crippen molar-refractivity contribution in [1.82, 2.24) is 9.55 Å². The highest BCUT2D eigenvalue weighted by Gasteiger charge is 2.18. The van der Waals surface area contributed by atoms with Crippen LogP contribution in [0.3, 0.4) is 0 Å². The van der Waals surface area contributed by atoms with Gasteiger partial charge in [-0.2, -0.15) is 0 Å². The van der Waals surface area contributed by atoms with Crippen molar-refractivity contribution in [3.63, 3.8) is 0 Å². The summed E-state index contributed by atoms with van der Waals surface area (Å²) >= 11 is 1.81. The SMILES string of the molecule is Cc1ccc2c(c1)c1nc(C)sc1n2CC[NH+]1CCOCC1. The Kier molecular flexibility index (Phi) is 3.64. The molecule has 0 amide bonds. The van der Waals surface area contributed by atoms with Gasteiger partial charge in [0, 0.05) is 5.39 Å². The highest BCUT2D eigenvalue weighted by Crippen LogP contribution is 2.32. The maximum absolute atomic E-state index is 5.46. The van der Waals surface area contributed by atoms with Crippen LogP contribution in [-0.2, 0) is 11.3 Å². The fourth-order valence-corrected chi connectivity index (χ4v) is 4.33. The molecule has 116 valence electrons. The van der Waals surface area contributed by atoms with Gasteiger partial charge in [0.05, 0.1) is 36.8 Å². The Morgan fingerprint density at radius 1 is 1.27 bits per heavy atom. The number of rotatable bonds is 3. The van der Waals surface area contributed by atoms with Gasteiger partial charge in [-0.15, -0.1) is 11.3 Å². The van der Waals surface area contributed by atoms with Crippen LogP contribution < -0.4 is 4.90 Å². The number of ether oxygens (including phenoxy) is 1. The Labute approximate surface area is 134 Å². The smallest absolute Gasteiger partial charge is 0.124 e. The van der Waals surface area contributed by atoms with E-state index in [1.54, 1.807) is 4.90 Å². The number of hydrogen-bond acceptors (Lipinski definition) is 3. The third-order valence-electron chi connectivity index (χ3n) is 4.55. The van der Waals surface area contributed by atoms with Crippen LogP contribution in [0, 0.1) is 13.8 Å². The molecule has 3 aromatic rings. The third-order valence-corrected chi connectivity index (χ3v) is 5.54. The van der Waals surface area contributed by atoms with E-state index in [1.807, 2.05) is 11.3 Å². The number of nitrogens with one attached hydrogen (secondary N) is 1. The van der Waals surface area contributed by atoms with Crippen LogP contribution in [0.25, 0.3) is 21.3 Å². The molecule has 4 nitrogen and oxygen atoms in total. The number of fused-ring (bicyclic) bond motifs is 3. The Morgan fingerprint density at radius 2 is 2.09 bits per heavy atom. The molecule has 5 heteroatoms. The predicted molar refractivity (Wildman–Crippen MR) is 91.0 cm³/mol. The second-order valence-electron chi connectivity index (χ2n) is 6.17. The van der Waals surface area contributed by atoms with Gasteiger partial charge < -0.3 is 14.2 Å². The molecule has 1 aliphatic rings. The largest absolute Gasteiger partial charge is 0.370 e. The van der Waals surface area contributed by atoms with Gasteiger partial charge in [-0.3, -0.25) is 0 Å². The predicted octanol–water partition coefficient (Wildman–Crippen LogP) is 1.78. The summed E-state index contributed by atoms with van der Waals surface area (Å²) in [6.45, 7) is 10.5. The van der Waals surface area contributed by atoms with Gasteiger partial charge in [-0.1, -0.05) is 11.6 Å². The highest BCUT2D eigenvalue weighted by atomic mass is 32.1. The Morgan fingerprint density at radius 3 is 2.91 bits per heavy atom. The Balaban J connectivity index is 1.73. The van der Waals surface area contributed by atoms with Crippen LogP contribution in [-0.4, -0.2) is 42.4 Å². The molecule has 1 fully saturated rings. The fourth-order valence-electron chi connectivity index (χ4n) is 3.36. The number of morpholine rings is 1. The van der Waals surface area contributed by atoms with Gasteiger partial charge in [0.15, 0.2) is 0 Å². The number of aryl methyl sites for hydroxylation is 2. The second-order valence-corrected chi connectivity index (χ2v) is 7.35. The number of quaternary nitrogens is 1. The number of hydrogen-bond donors (Lipinski definition) is 1. The second kappa shape index (κ2) is 5.65. The maximum Gasteiger partial charge on any atom is 0.124 e. The molecule has 0 spiro atoms. The number of nitrogens with zero attached hydrogens (tertiary/aromatic N) is 2. The molecule has 1 saturated heterocycles. The molecule has 0 unspecified atom stereocenters. The van der Waals surface area contributed by atoms with Gasteiger partial charge in [0.25, 0.3) is 0 Å². The van der Waals surface area contributed by atoms with Crippen molar-refractivity contribution in [2.45, 2.75) is 20.4 Å². The van der Waals surface area contributed by atoms with Gasteiger partial charge in [-0.25, -0.2) is 4.98 Å². The monoisotopic (exact) mass is 316 g/mol. The van der Waals surface area contributed by atoms with Gasteiger partial charge in [-0.05, 0) is 26.0 Å². The molecule has 0 atom stereocenters. The first-order valence-corrected chi connectivity index (χ1v) is 8.81. The van der Waals surface area contributed by atoms with Gasteiger partial charge in [0.1, 0.15) is 23.4 Å². The van der Waals surface area contributed by atoms with E-state index in [0.29, 0.717) is 0 Å². The van der Waals surface area contributed by atoms with E-state index < -0.39 is 0 Å². The van der Waals surface area contributed by atoms with E-state index in [4.69, 9.17) is 9.72 Å². The van der Waals surface area contributed by atoms with E-state index in [-0.39, 0.29) is 0 Å². The minimum Gasteiger partial charge on any atom is -0.370 e. The average Bonchev–Trinajstić information content (AvgIpc) is 3.02. The van der Waals surface area contributed by atoms with E-state index in [9.17, 15) is 0 Å². The normalized spacial score (nSPS) is 16.8. The van der Waals surface area contributed by atoms with Crippen molar-refractivity contribution >= 4 is 32.6 Å². The van der Waals surface area contributed by atoms with Crippen LogP contribution in [0.15, 0.2) is 18.2 Å². The topological polar surface area (TPSA) is 31.5 Å². The molecular formula is C17H22N3OS+. The van der Waals surface area contributed by atoms with E-state index in [2.05, 4.69) is 36.6 Å². The van der Waals surface area contributed by atoms with Crippen molar-refractivity contribution < 1.29 is 9.64 Å². The zero-order chi connectivity index (χ0) is 15.1. The van der Waals surface area contributed by atoms with Crippen molar-refractivity contribution in [2.24, 2.45) is 0 Å². The Hall–Kier alpha value is -1.43. The summed E-state index contributed by atoms with van der Waals surface area (Å²) in [5, 5.41) is 2.46. The minimum atomic E-state index is 0.899. The molecule has 3 heterocycles. The first-order valence-electron chi connectivity index (χ1n) is 7.99. The fraction of sp³-hybridized carbons (Fsp3) is 0.471. The van der Waals surface area contributed by atoms with Crippen molar-refractivity contribution in [2.75, 3.05) is 32.8 Å². The molecule has 4 rings (SSSR count). The van der Waals surface area contributed by atoms with Crippen LogP contribution in [0.1, 0.15) is 10.6 Å². The summed E-state index contributed by atoms with van der Waals surface area (Å²) in [6, 6.07) is 6.73. The molecule has 1 N–H and O–H groups in total. The first-order chi connectivity index (χ1) is 10.7. The summed E-state index contributed by atoms with van der Waals surface area (Å²) in [5.41, 5.74) is 3.81. The molecule has 0 radical (unpaired) electrons. The number of thiazole rings is 1. The quantitative estimate of drug-likeness (QED) is 0.799. The first kappa shape index (κ1) is 14.2. The average molecular weight is 316 g/mol. The molecule has 22 heavy (non-hydrogen) atoms. The van der Waals surface area contributed by atoms with Crippen LogP contribution in [0.4, 0.5) is 0 Å². The maximum atomic E-state index is 5.46. The van der Waals surface area contributed by atoms with E-state index in [0.717, 1.165) is 44.4 Å². The third kappa shape index (κ3) is 2.43. The lowest BCUT2D eigenvalue weighted by atomic mass is 10.2. The minimum absolute atomic E-state index is 0.899. The lowest BCUT2D eigenvalue weighted by Gasteiger charge is -2.24. The van der Waals surface area contributed by atoms with Crippen LogP contribution in [0.5, 0.6) is 0 Å². The lowest BCUT2D eigenvalue weighted by molar-refractivity contribution is -0.908. The summed E-state index contributed by atoms with van der Waals surface area (Å²) in [4.78, 5) is 7.74. The lowest BCUT2D eigenvalue weighted by Crippen LogP contribution is -3.14. The molecule has 0 bridgehead atoms. The standard InChI is InChI=1S/C17H21N3OS/c1-12-3-4-15-14(11-12)16-17(22-13(2)18-16)20(15)6-5-19-7-9-21-10-8-19/h3-4,11H,5-10H2,1-2H3/p+1. The van der Waals surface area contributed by atoms with Crippen LogP contribution >= 0.6 is 11.3 Å². The molecule has 1 aliphatic heterocycles. The molecule has 1 aromatic carbocycles. The van der Waals surface area contributed by atoms with Crippen molar-refractivity contribution in [3.8, 4) is 0 Å². The Bertz CT molecular complexity index is 814. The number of aromatic nitrogens is 2. The van der Waals surface area contributed by atoms with E-state index in [1.165, 1.54) is 26.8 Å². The number of benzene rings is 1. The zero-order valence-corrected chi connectivity index (χ0v) is 14.0. The zero-order valence-electron chi connectivity index (χ0n) is 13.2. The van der Waals surface area contributed by atoms with Crippen molar-refractivity contribution in [1.29, 1.82) is 0 Å². The molecule has 0 saturated carbocycles. The summed E-state index contributed by atoms with van der Waals surface area (Å²) in [7, 11) is 0. The summed E-state index contributed by atoms with van der Waals surface area (Å²) in [6.07, 6.45) is 0.